The van der Waals surface area contributed by atoms with Crippen molar-refractivity contribution in [1.29, 1.82) is 0 Å². The quantitative estimate of drug-likeness (QED) is 0.848. The second-order valence-corrected chi connectivity index (χ2v) is 5.04. The molecule has 0 spiro atoms. The number of nitrogens with zero attached hydrogens (tertiary/aromatic N) is 1. The van der Waals surface area contributed by atoms with Gasteiger partial charge in [0.15, 0.2) is 0 Å². The summed E-state index contributed by atoms with van der Waals surface area (Å²) in [6.07, 6.45) is 1.70. The Bertz CT molecular complexity index is 406. The van der Waals surface area contributed by atoms with Gasteiger partial charge in [0.25, 0.3) is 0 Å². The molecule has 98 valence electrons. The smallest absolute Gasteiger partial charge is 0.220 e. The van der Waals surface area contributed by atoms with Gasteiger partial charge in [-0.25, -0.2) is 0 Å². The largest absolute Gasteiger partial charge is 0.371 e. The fourth-order valence-corrected chi connectivity index (χ4v) is 2.41. The molecule has 1 amide bonds. The van der Waals surface area contributed by atoms with Gasteiger partial charge in [-0.3, -0.25) is 4.79 Å². The number of carbonyl (C=O) groups excluding carboxylic acids is 1. The summed E-state index contributed by atoms with van der Waals surface area (Å²) in [5.41, 5.74) is 13.5. The topological polar surface area (TPSA) is 72.3 Å². The van der Waals surface area contributed by atoms with Crippen LogP contribution in [0.25, 0.3) is 0 Å². The van der Waals surface area contributed by atoms with Crippen molar-refractivity contribution in [2.45, 2.75) is 25.8 Å². The molecule has 18 heavy (non-hydrogen) atoms. The molecule has 0 aromatic heterocycles. The van der Waals surface area contributed by atoms with Crippen LogP contribution in [0.4, 0.5) is 5.69 Å². The van der Waals surface area contributed by atoms with Crippen LogP contribution >= 0.6 is 0 Å². The van der Waals surface area contributed by atoms with E-state index in [0.717, 1.165) is 31.5 Å². The van der Waals surface area contributed by atoms with Gasteiger partial charge < -0.3 is 16.4 Å². The van der Waals surface area contributed by atoms with Crippen molar-refractivity contribution in [3.05, 3.63) is 29.8 Å². The van der Waals surface area contributed by atoms with Gasteiger partial charge >= 0.3 is 0 Å². The van der Waals surface area contributed by atoms with E-state index in [4.69, 9.17) is 11.5 Å². The fraction of sp³-hybridized carbons (Fsp3) is 0.500. The van der Waals surface area contributed by atoms with E-state index in [9.17, 15) is 4.79 Å². The standard InChI is InChI=1S/C14H21N3O/c1-10(15)11-2-4-13(5-3-11)17-8-6-12(7-9-17)14(16)18/h2-5,10,12H,6-9,15H2,1H3,(H2,16,18). The zero-order chi connectivity index (χ0) is 13.1. The molecular formula is C14H21N3O. The molecule has 0 saturated carbocycles. The van der Waals surface area contributed by atoms with Crippen molar-refractivity contribution in [1.82, 2.24) is 0 Å². The van der Waals surface area contributed by atoms with Crippen LogP contribution in [0.2, 0.25) is 0 Å². The maximum Gasteiger partial charge on any atom is 0.220 e. The lowest BCUT2D eigenvalue weighted by molar-refractivity contribution is -0.122. The van der Waals surface area contributed by atoms with Crippen LogP contribution < -0.4 is 16.4 Å². The maximum atomic E-state index is 11.1. The molecule has 0 aliphatic carbocycles. The lowest BCUT2D eigenvalue weighted by atomic mass is 9.96. The third kappa shape index (κ3) is 2.82. The van der Waals surface area contributed by atoms with Gasteiger partial charge in [0.2, 0.25) is 5.91 Å². The zero-order valence-electron chi connectivity index (χ0n) is 10.8. The fourth-order valence-electron chi connectivity index (χ4n) is 2.41. The Balaban J connectivity index is 1.99. The van der Waals surface area contributed by atoms with Crippen LogP contribution in [0.3, 0.4) is 0 Å². The average molecular weight is 247 g/mol. The lowest BCUT2D eigenvalue weighted by Crippen LogP contribution is -2.38. The van der Waals surface area contributed by atoms with Gasteiger partial charge in [0.1, 0.15) is 0 Å². The van der Waals surface area contributed by atoms with Crippen LogP contribution in [0.1, 0.15) is 31.4 Å². The Hall–Kier alpha value is -1.55. The molecule has 0 bridgehead atoms. The minimum absolute atomic E-state index is 0.0459. The van der Waals surface area contributed by atoms with Crippen molar-refractivity contribution < 1.29 is 4.79 Å². The molecule has 1 atom stereocenters. The van der Waals surface area contributed by atoms with Gasteiger partial charge in [0.05, 0.1) is 0 Å². The number of primary amides is 1. The highest BCUT2D eigenvalue weighted by atomic mass is 16.1. The van der Waals surface area contributed by atoms with Gasteiger partial charge in [0, 0.05) is 30.7 Å². The van der Waals surface area contributed by atoms with Gasteiger partial charge in [-0.15, -0.1) is 0 Å². The summed E-state index contributed by atoms with van der Waals surface area (Å²) < 4.78 is 0. The molecular weight excluding hydrogens is 226 g/mol. The molecule has 1 aromatic rings. The van der Waals surface area contributed by atoms with Crippen molar-refractivity contribution >= 4 is 11.6 Å². The number of piperidine rings is 1. The van der Waals surface area contributed by atoms with Crippen LogP contribution in [0.15, 0.2) is 24.3 Å². The Morgan fingerprint density at radius 3 is 2.28 bits per heavy atom. The first-order valence-corrected chi connectivity index (χ1v) is 6.47. The number of anilines is 1. The molecule has 1 aromatic carbocycles. The molecule has 4 heteroatoms. The number of rotatable bonds is 3. The van der Waals surface area contributed by atoms with E-state index in [-0.39, 0.29) is 17.9 Å². The molecule has 1 unspecified atom stereocenters. The van der Waals surface area contributed by atoms with Gasteiger partial charge in [-0.2, -0.15) is 0 Å². The van der Waals surface area contributed by atoms with E-state index in [1.165, 1.54) is 5.69 Å². The molecule has 1 aliphatic rings. The van der Waals surface area contributed by atoms with E-state index in [2.05, 4.69) is 29.2 Å². The first-order valence-electron chi connectivity index (χ1n) is 6.47. The first-order chi connectivity index (χ1) is 8.58. The monoisotopic (exact) mass is 247 g/mol. The average Bonchev–Trinajstić information content (AvgIpc) is 2.39. The summed E-state index contributed by atoms with van der Waals surface area (Å²) in [4.78, 5) is 13.4. The molecule has 4 N–H and O–H groups in total. The molecule has 2 rings (SSSR count). The van der Waals surface area contributed by atoms with Crippen LogP contribution in [-0.2, 0) is 4.79 Å². The van der Waals surface area contributed by atoms with Crippen molar-refractivity contribution in [2.24, 2.45) is 17.4 Å². The van der Waals surface area contributed by atoms with E-state index < -0.39 is 0 Å². The van der Waals surface area contributed by atoms with Crippen LogP contribution in [0.5, 0.6) is 0 Å². The Morgan fingerprint density at radius 2 is 1.83 bits per heavy atom. The Labute approximate surface area is 108 Å². The number of hydrogen-bond donors (Lipinski definition) is 2. The molecule has 0 radical (unpaired) electrons. The van der Waals surface area contributed by atoms with E-state index >= 15 is 0 Å². The number of nitrogens with two attached hydrogens (primary N) is 2. The SMILES string of the molecule is CC(N)c1ccc(N2CCC(C(N)=O)CC2)cc1. The number of carbonyl (C=O) groups is 1. The van der Waals surface area contributed by atoms with Gasteiger partial charge in [-0.05, 0) is 37.5 Å². The predicted molar refractivity (Wildman–Crippen MR) is 73.2 cm³/mol. The summed E-state index contributed by atoms with van der Waals surface area (Å²) in [5, 5.41) is 0. The molecule has 1 saturated heterocycles. The summed E-state index contributed by atoms with van der Waals surface area (Å²) in [5.74, 6) is -0.119. The van der Waals surface area contributed by atoms with Crippen LogP contribution in [-0.4, -0.2) is 19.0 Å². The molecule has 4 nitrogen and oxygen atoms in total. The van der Waals surface area contributed by atoms with Gasteiger partial charge in [-0.1, -0.05) is 12.1 Å². The van der Waals surface area contributed by atoms with Crippen molar-refractivity contribution in [3.8, 4) is 0 Å². The predicted octanol–water partition coefficient (Wildman–Crippen LogP) is 1.41. The number of amides is 1. The normalized spacial score (nSPS) is 18.7. The molecule has 1 heterocycles. The number of hydrogen-bond acceptors (Lipinski definition) is 3. The van der Waals surface area contributed by atoms with E-state index in [0.29, 0.717) is 0 Å². The van der Waals surface area contributed by atoms with E-state index in [1.54, 1.807) is 0 Å². The minimum Gasteiger partial charge on any atom is -0.371 e. The summed E-state index contributed by atoms with van der Waals surface area (Å²) >= 11 is 0. The minimum atomic E-state index is -0.165. The third-order valence-corrected chi connectivity index (χ3v) is 3.68. The Morgan fingerprint density at radius 1 is 1.28 bits per heavy atom. The zero-order valence-corrected chi connectivity index (χ0v) is 10.8. The lowest BCUT2D eigenvalue weighted by Gasteiger charge is -2.32. The second kappa shape index (κ2) is 5.40. The second-order valence-electron chi connectivity index (χ2n) is 5.04. The molecule has 1 aliphatic heterocycles. The maximum absolute atomic E-state index is 11.1. The van der Waals surface area contributed by atoms with Crippen LogP contribution in [0, 0.1) is 5.92 Å². The third-order valence-electron chi connectivity index (χ3n) is 3.68. The first kappa shape index (κ1) is 12.9. The summed E-state index contributed by atoms with van der Waals surface area (Å²) in [6.45, 7) is 3.77. The van der Waals surface area contributed by atoms with Crippen molar-refractivity contribution in [2.75, 3.05) is 18.0 Å². The summed E-state index contributed by atoms with van der Waals surface area (Å²) in [7, 11) is 0. The highest BCUT2D eigenvalue weighted by Crippen LogP contribution is 2.24. The molecule has 1 fully saturated rings. The van der Waals surface area contributed by atoms with Crippen molar-refractivity contribution in [3.63, 3.8) is 0 Å². The Kier molecular flexibility index (Phi) is 3.87. The highest BCUT2D eigenvalue weighted by molar-refractivity contribution is 5.77. The number of benzene rings is 1. The summed E-state index contributed by atoms with van der Waals surface area (Å²) in [6, 6.07) is 8.41. The highest BCUT2D eigenvalue weighted by Gasteiger charge is 2.23. The van der Waals surface area contributed by atoms with E-state index in [1.807, 2.05) is 6.92 Å².